The summed E-state index contributed by atoms with van der Waals surface area (Å²) in [5.74, 6) is 1.50. The minimum atomic E-state index is 0.0363. The Labute approximate surface area is 124 Å². The van der Waals surface area contributed by atoms with E-state index in [2.05, 4.69) is 18.8 Å². The average molecular weight is 296 g/mol. The number of rotatable bonds is 3. The van der Waals surface area contributed by atoms with Crippen LogP contribution in [-0.4, -0.2) is 42.5 Å². The zero-order valence-electron chi connectivity index (χ0n) is 12.7. The Bertz CT molecular complexity index is 478. The molecule has 1 amide bonds. The summed E-state index contributed by atoms with van der Waals surface area (Å²) in [5, 5.41) is 0.812. The highest BCUT2D eigenvalue weighted by atomic mass is 32.1. The van der Waals surface area contributed by atoms with Gasteiger partial charge in [-0.25, -0.2) is 4.98 Å². The number of piperidine rings is 1. The fourth-order valence-corrected chi connectivity index (χ4v) is 3.72. The van der Waals surface area contributed by atoms with E-state index in [0.29, 0.717) is 22.5 Å². The van der Waals surface area contributed by atoms with Crippen LogP contribution in [-0.2, 0) is 0 Å². The SMILES string of the molecule is CCN(C)c1nc(N)c(C(=O)N2CC(C)CC(C)C2)s1. The van der Waals surface area contributed by atoms with Gasteiger partial charge in [-0.05, 0) is 25.2 Å². The van der Waals surface area contributed by atoms with Crippen LogP contribution in [0.25, 0.3) is 0 Å². The quantitative estimate of drug-likeness (QED) is 0.929. The molecule has 1 aliphatic heterocycles. The lowest BCUT2D eigenvalue weighted by Crippen LogP contribution is -2.42. The third kappa shape index (κ3) is 3.06. The molecule has 20 heavy (non-hydrogen) atoms. The molecule has 5 nitrogen and oxygen atoms in total. The van der Waals surface area contributed by atoms with E-state index in [-0.39, 0.29) is 5.91 Å². The Morgan fingerprint density at radius 3 is 2.60 bits per heavy atom. The van der Waals surface area contributed by atoms with Crippen molar-refractivity contribution in [3.05, 3.63) is 4.88 Å². The third-order valence-corrected chi connectivity index (χ3v) is 4.97. The van der Waals surface area contributed by atoms with Crippen molar-refractivity contribution in [1.29, 1.82) is 0 Å². The van der Waals surface area contributed by atoms with Crippen molar-refractivity contribution in [3.8, 4) is 0 Å². The van der Waals surface area contributed by atoms with Crippen LogP contribution in [0.2, 0.25) is 0 Å². The first kappa shape index (κ1) is 15.1. The van der Waals surface area contributed by atoms with E-state index in [4.69, 9.17) is 5.73 Å². The van der Waals surface area contributed by atoms with Gasteiger partial charge in [-0.3, -0.25) is 4.79 Å². The number of aromatic nitrogens is 1. The molecule has 0 radical (unpaired) electrons. The second-order valence-corrected chi connectivity index (χ2v) is 6.86. The number of hydrogen-bond acceptors (Lipinski definition) is 5. The molecule has 0 saturated carbocycles. The lowest BCUT2D eigenvalue weighted by molar-refractivity contribution is 0.0629. The maximum absolute atomic E-state index is 12.6. The molecule has 1 aromatic rings. The van der Waals surface area contributed by atoms with Crippen LogP contribution in [0.1, 0.15) is 36.9 Å². The lowest BCUT2D eigenvalue weighted by Gasteiger charge is -2.34. The van der Waals surface area contributed by atoms with Crippen molar-refractivity contribution in [1.82, 2.24) is 9.88 Å². The number of nitrogen functional groups attached to an aromatic ring is 1. The van der Waals surface area contributed by atoms with Crippen LogP contribution in [0.15, 0.2) is 0 Å². The molecule has 0 spiro atoms. The molecule has 0 bridgehead atoms. The van der Waals surface area contributed by atoms with Gasteiger partial charge in [-0.2, -0.15) is 0 Å². The van der Waals surface area contributed by atoms with E-state index in [1.807, 2.05) is 23.8 Å². The largest absolute Gasteiger partial charge is 0.382 e. The molecule has 2 N–H and O–H groups in total. The molecule has 1 saturated heterocycles. The van der Waals surface area contributed by atoms with Crippen molar-refractivity contribution >= 4 is 28.2 Å². The summed E-state index contributed by atoms with van der Waals surface area (Å²) in [5.41, 5.74) is 5.94. The number of carbonyl (C=O) groups is 1. The Morgan fingerprint density at radius 1 is 1.45 bits per heavy atom. The summed E-state index contributed by atoms with van der Waals surface area (Å²) in [6.07, 6.45) is 1.19. The van der Waals surface area contributed by atoms with Crippen LogP contribution >= 0.6 is 11.3 Å². The monoisotopic (exact) mass is 296 g/mol. The van der Waals surface area contributed by atoms with Gasteiger partial charge in [0, 0.05) is 26.7 Å². The Balaban J connectivity index is 2.18. The van der Waals surface area contributed by atoms with Gasteiger partial charge >= 0.3 is 0 Å². The van der Waals surface area contributed by atoms with Crippen LogP contribution in [0, 0.1) is 11.8 Å². The molecular weight excluding hydrogens is 272 g/mol. The zero-order valence-corrected chi connectivity index (χ0v) is 13.5. The van der Waals surface area contributed by atoms with Gasteiger partial charge in [-0.1, -0.05) is 25.2 Å². The first-order chi connectivity index (χ1) is 9.42. The normalized spacial score (nSPS) is 22.9. The zero-order chi connectivity index (χ0) is 14.9. The van der Waals surface area contributed by atoms with Crippen LogP contribution < -0.4 is 10.6 Å². The molecule has 112 valence electrons. The molecule has 1 aromatic heterocycles. The van der Waals surface area contributed by atoms with Crippen molar-refractivity contribution in [2.45, 2.75) is 27.2 Å². The smallest absolute Gasteiger partial charge is 0.267 e. The molecular formula is C14H24N4OS. The van der Waals surface area contributed by atoms with E-state index in [9.17, 15) is 4.79 Å². The number of thiazole rings is 1. The van der Waals surface area contributed by atoms with E-state index < -0.39 is 0 Å². The molecule has 2 heterocycles. The maximum atomic E-state index is 12.6. The Kier molecular flexibility index (Phi) is 4.52. The van der Waals surface area contributed by atoms with E-state index >= 15 is 0 Å². The summed E-state index contributed by atoms with van der Waals surface area (Å²) in [4.78, 5) is 21.5. The standard InChI is InChI=1S/C14H24N4OS/c1-5-17(4)14-16-12(15)11(20-14)13(19)18-7-9(2)6-10(3)8-18/h9-10H,5-8,15H2,1-4H3. The molecule has 6 heteroatoms. The fourth-order valence-electron chi connectivity index (χ4n) is 2.74. The Hall–Kier alpha value is -1.30. The first-order valence-electron chi connectivity index (χ1n) is 7.19. The summed E-state index contributed by atoms with van der Waals surface area (Å²) >= 11 is 1.39. The minimum absolute atomic E-state index is 0.0363. The summed E-state index contributed by atoms with van der Waals surface area (Å²) in [6, 6.07) is 0. The predicted octanol–water partition coefficient (Wildman–Crippen LogP) is 2.30. The van der Waals surface area contributed by atoms with Crippen LogP contribution in [0.5, 0.6) is 0 Å². The van der Waals surface area contributed by atoms with Crippen LogP contribution in [0.4, 0.5) is 10.9 Å². The van der Waals surface area contributed by atoms with Gasteiger partial charge in [-0.15, -0.1) is 0 Å². The Morgan fingerprint density at radius 2 is 2.05 bits per heavy atom. The predicted molar refractivity (Wildman–Crippen MR) is 84.3 cm³/mol. The fraction of sp³-hybridized carbons (Fsp3) is 0.714. The number of carbonyl (C=O) groups excluding carboxylic acids is 1. The molecule has 2 unspecified atom stereocenters. The lowest BCUT2D eigenvalue weighted by atomic mass is 9.92. The number of nitrogens with zero attached hydrogens (tertiary/aromatic N) is 3. The highest BCUT2D eigenvalue weighted by Gasteiger charge is 2.29. The van der Waals surface area contributed by atoms with Gasteiger partial charge in [0.2, 0.25) is 0 Å². The second-order valence-electron chi connectivity index (χ2n) is 5.88. The van der Waals surface area contributed by atoms with E-state index in [0.717, 1.165) is 24.8 Å². The average Bonchev–Trinajstić information content (AvgIpc) is 2.78. The molecule has 0 aromatic carbocycles. The topological polar surface area (TPSA) is 62.5 Å². The van der Waals surface area contributed by atoms with Crippen molar-refractivity contribution in [2.24, 2.45) is 11.8 Å². The summed E-state index contributed by atoms with van der Waals surface area (Å²) in [7, 11) is 1.96. The number of nitrogens with two attached hydrogens (primary N) is 1. The van der Waals surface area contributed by atoms with Crippen molar-refractivity contribution < 1.29 is 4.79 Å². The molecule has 2 rings (SSSR count). The summed E-state index contributed by atoms with van der Waals surface area (Å²) in [6.45, 7) is 8.93. The van der Waals surface area contributed by atoms with Crippen molar-refractivity contribution in [2.75, 3.05) is 37.3 Å². The highest BCUT2D eigenvalue weighted by Crippen LogP contribution is 2.30. The molecule has 2 atom stereocenters. The van der Waals surface area contributed by atoms with Crippen LogP contribution in [0.3, 0.4) is 0 Å². The van der Waals surface area contributed by atoms with Gasteiger partial charge < -0.3 is 15.5 Å². The number of anilines is 2. The first-order valence-corrected chi connectivity index (χ1v) is 8.00. The second kappa shape index (κ2) is 5.99. The summed E-state index contributed by atoms with van der Waals surface area (Å²) < 4.78 is 0. The molecule has 1 fully saturated rings. The highest BCUT2D eigenvalue weighted by molar-refractivity contribution is 7.18. The molecule has 1 aliphatic rings. The molecule has 0 aliphatic carbocycles. The maximum Gasteiger partial charge on any atom is 0.267 e. The van der Waals surface area contributed by atoms with E-state index in [1.54, 1.807) is 0 Å². The number of amides is 1. The van der Waals surface area contributed by atoms with Gasteiger partial charge in [0.15, 0.2) is 5.13 Å². The minimum Gasteiger partial charge on any atom is -0.382 e. The number of hydrogen-bond donors (Lipinski definition) is 1. The van der Waals surface area contributed by atoms with E-state index in [1.165, 1.54) is 17.8 Å². The van der Waals surface area contributed by atoms with Gasteiger partial charge in [0.05, 0.1) is 0 Å². The van der Waals surface area contributed by atoms with Gasteiger partial charge in [0.25, 0.3) is 5.91 Å². The number of likely N-dealkylation sites (tertiary alicyclic amines) is 1. The third-order valence-electron chi connectivity index (χ3n) is 3.79. The van der Waals surface area contributed by atoms with Gasteiger partial charge in [0.1, 0.15) is 10.7 Å². The van der Waals surface area contributed by atoms with Crippen molar-refractivity contribution in [3.63, 3.8) is 0 Å².